The molecule has 0 heterocycles. The van der Waals surface area contributed by atoms with E-state index in [9.17, 15) is 19.3 Å². The highest BCUT2D eigenvalue weighted by Crippen LogP contribution is 2.20. The topological polar surface area (TPSA) is 86.2 Å². The molecule has 0 aromatic heterocycles. The molecule has 1 aromatic carbocycles. The van der Waals surface area contributed by atoms with Crippen LogP contribution in [-0.2, 0) is 6.42 Å². The highest BCUT2D eigenvalue weighted by atomic mass is 19.1. The zero-order valence-electron chi connectivity index (χ0n) is 8.48. The predicted molar refractivity (Wildman–Crippen MR) is 55.9 cm³/mol. The summed E-state index contributed by atoms with van der Waals surface area (Å²) in [6.07, 6.45) is 0.741. The summed E-state index contributed by atoms with van der Waals surface area (Å²) >= 11 is 0. The van der Waals surface area contributed by atoms with Crippen LogP contribution in [0.15, 0.2) is 18.2 Å². The molecule has 86 valence electrons. The van der Waals surface area contributed by atoms with Crippen LogP contribution in [0.25, 0.3) is 0 Å². The third kappa shape index (κ3) is 2.75. The summed E-state index contributed by atoms with van der Waals surface area (Å²) in [6, 6.07) is 4.06. The first-order chi connectivity index (χ1) is 7.56. The van der Waals surface area contributed by atoms with E-state index >= 15 is 0 Å². The van der Waals surface area contributed by atoms with Gasteiger partial charge in [-0.15, -0.1) is 0 Å². The van der Waals surface area contributed by atoms with E-state index in [-0.39, 0.29) is 11.3 Å². The van der Waals surface area contributed by atoms with E-state index in [2.05, 4.69) is 0 Å². The monoisotopic (exact) mass is 226 g/mol. The molecular formula is C10H11FN2O3. The molecule has 0 fully saturated rings. The summed E-state index contributed by atoms with van der Waals surface area (Å²) in [7, 11) is 0. The van der Waals surface area contributed by atoms with Crippen molar-refractivity contribution in [1.29, 1.82) is 0 Å². The van der Waals surface area contributed by atoms with Gasteiger partial charge in [0.05, 0.1) is 11.6 Å². The average molecular weight is 226 g/mol. The van der Waals surface area contributed by atoms with Crippen molar-refractivity contribution in [3.8, 4) is 0 Å². The van der Waals surface area contributed by atoms with E-state index < -0.39 is 17.5 Å². The van der Waals surface area contributed by atoms with Crippen molar-refractivity contribution in [3.63, 3.8) is 0 Å². The lowest BCUT2D eigenvalue weighted by Gasteiger charge is -2.02. The summed E-state index contributed by atoms with van der Waals surface area (Å²) in [6.45, 7) is -0.469. The van der Waals surface area contributed by atoms with Gasteiger partial charge in [0.2, 0.25) is 0 Å². The van der Waals surface area contributed by atoms with Gasteiger partial charge in [-0.1, -0.05) is 6.07 Å². The first kappa shape index (κ1) is 12.1. The van der Waals surface area contributed by atoms with Gasteiger partial charge in [-0.2, -0.15) is 0 Å². The van der Waals surface area contributed by atoms with Gasteiger partial charge < -0.3 is 5.73 Å². The number of rotatable bonds is 5. The molecule has 0 aliphatic carbocycles. The number of hydrogen-bond donors (Lipinski definition) is 1. The van der Waals surface area contributed by atoms with Crippen LogP contribution >= 0.6 is 0 Å². The molecule has 0 unspecified atom stereocenters. The number of halogens is 1. The Morgan fingerprint density at radius 1 is 1.50 bits per heavy atom. The normalized spacial score (nSPS) is 10.1. The van der Waals surface area contributed by atoms with E-state index in [0.29, 0.717) is 18.4 Å². The minimum Gasteiger partial charge on any atom is -0.365 e. The molecule has 0 aliphatic heterocycles. The summed E-state index contributed by atoms with van der Waals surface area (Å²) in [4.78, 5) is 20.9. The number of nitro benzene ring substituents is 1. The maximum absolute atomic E-state index is 11.9. The van der Waals surface area contributed by atoms with E-state index in [1.165, 1.54) is 18.2 Å². The molecule has 1 aromatic rings. The molecule has 0 aliphatic rings. The van der Waals surface area contributed by atoms with Crippen molar-refractivity contribution in [2.24, 2.45) is 5.73 Å². The first-order valence-corrected chi connectivity index (χ1v) is 4.69. The molecular weight excluding hydrogens is 215 g/mol. The van der Waals surface area contributed by atoms with E-state index in [1.807, 2.05) is 0 Å². The van der Waals surface area contributed by atoms with Crippen molar-refractivity contribution in [1.82, 2.24) is 0 Å². The third-order valence-corrected chi connectivity index (χ3v) is 2.12. The molecule has 16 heavy (non-hydrogen) atoms. The van der Waals surface area contributed by atoms with Gasteiger partial charge in [0.1, 0.15) is 5.56 Å². The van der Waals surface area contributed by atoms with Crippen LogP contribution in [0.4, 0.5) is 10.1 Å². The number of nitrogens with zero attached hydrogens (tertiary/aromatic N) is 1. The Labute approximate surface area is 91.2 Å². The second-order valence-electron chi connectivity index (χ2n) is 3.27. The molecule has 0 spiro atoms. The number of amides is 1. The fraction of sp³-hybridized carbons (Fsp3) is 0.300. The standard InChI is InChI=1S/C10H11FN2O3/c11-5-1-2-7-3-4-9(13(15)16)8(6-7)10(12)14/h3-4,6H,1-2,5H2,(H2,12,14). The van der Waals surface area contributed by atoms with E-state index in [0.717, 1.165) is 0 Å². The number of nitro groups is 1. The average Bonchev–Trinajstić information content (AvgIpc) is 2.25. The minimum atomic E-state index is -0.853. The summed E-state index contributed by atoms with van der Waals surface area (Å²) in [5, 5.41) is 10.6. The summed E-state index contributed by atoms with van der Waals surface area (Å²) < 4.78 is 11.9. The van der Waals surface area contributed by atoms with Crippen molar-refractivity contribution in [3.05, 3.63) is 39.4 Å². The molecule has 0 saturated carbocycles. The van der Waals surface area contributed by atoms with Crippen molar-refractivity contribution in [2.45, 2.75) is 12.8 Å². The highest BCUT2D eigenvalue weighted by molar-refractivity contribution is 5.97. The van der Waals surface area contributed by atoms with Gasteiger partial charge in [-0.25, -0.2) is 0 Å². The third-order valence-electron chi connectivity index (χ3n) is 2.12. The molecule has 0 radical (unpaired) electrons. The van der Waals surface area contributed by atoms with Crippen molar-refractivity contribution >= 4 is 11.6 Å². The SMILES string of the molecule is NC(=O)c1cc(CCCF)ccc1[N+](=O)[O-]. The Morgan fingerprint density at radius 3 is 2.69 bits per heavy atom. The molecule has 0 saturated heterocycles. The molecule has 1 amide bonds. The molecule has 0 atom stereocenters. The van der Waals surface area contributed by atoms with Crippen LogP contribution in [-0.4, -0.2) is 17.5 Å². The number of nitrogens with two attached hydrogens (primary N) is 1. The van der Waals surface area contributed by atoms with Crippen molar-refractivity contribution in [2.75, 3.05) is 6.67 Å². The molecule has 0 bridgehead atoms. The van der Waals surface area contributed by atoms with Crippen molar-refractivity contribution < 1.29 is 14.1 Å². The second kappa shape index (κ2) is 5.20. The van der Waals surface area contributed by atoms with Gasteiger partial charge in [0.15, 0.2) is 0 Å². The number of aryl methyl sites for hydroxylation is 1. The smallest absolute Gasteiger partial charge is 0.282 e. The maximum atomic E-state index is 11.9. The first-order valence-electron chi connectivity index (χ1n) is 4.69. The quantitative estimate of drug-likeness (QED) is 0.611. The zero-order valence-corrected chi connectivity index (χ0v) is 8.48. The van der Waals surface area contributed by atoms with Crippen LogP contribution < -0.4 is 5.73 Å². The fourth-order valence-electron chi connectivity index (χ4n) is 1.37. The van der Waals surface area contributed by atoms with Crippen LogP contribution in [0.3, 0.4) is 0 Å². The van der Waals surface area contributed by atoms with Gasteiger partial charge >= 0.3 is 0 Å². The molecule has 1 rings (SSSR count). The number of benzene rings is 1. The maximum Gasteiger partial charge on any atom is 0.282 e. The van der Waals surface area contributed by atoms with Gasteiger partial charge in [0, 0.05) is 6.07 Å². The van der Waals surface area contributed by atoms with Crippen LogP contribution in [0, 0.1) is 10.1 Å². The predicted octanol–water partition coefficient (Wildman–Crippen LogP) is 1.60. The Hall–Kier alpha value is -1.98. The minimum absolute atomic E-state index is 0.138. The zero-order chi connectivity index (χ0) is 12.1. The number of carbonyl (C=O) groups is 1. The largest absolute Gasteiger partial charge is 0.365 e. The van der Waals surface area contributed by atoms with E-state index in [1.54, 1.807) is 0 Å². The van der Waals surface area contributed by atoms with Crippen LogP contribution in [0.2, 0.25) is 0 Å². The second-order valence-corrected chi connectivity index (χ2v) is 3.27. The summed E-state index contributed by atoms with van der Waals surface area (Å²) in [5.74, 6) is -0.853. The highest BCUT2D eigenvalue weighted by Gasteiger charge is 2.18. The lowest BCUT2D eigenvalue weighted by Crippen LogP contribution is -2.13. The molecule has 2 N–H and O–H groups in total. The number of hydrogen-bond acceptors (Lipinski definition) is 3. The Balaban J connectivity index is 3.07. The number of alkyl halides is 1. The van der Waals surface area contributed by atoms with E-state index in [4.69, 9.17) is 5.73 Å². The molecule has 6 heteroatoms. The van der Waals surface area contributed by atoms with Crippen LogP contribution in [0.5, 0.6) is 0 Å². The Morgan fingerprint density at radius 2 is 2.19 bits per heavy atom. The molecule has 5 nitrogen and oxygen atoms in total. The number of primary amides is 1. The fourth-order valence-corrected chi connectivity index (χ4v) is 1.37. The van der Waals surface area contributed by atoms with Gasteiger partial charge in [-0.3, -0.25) is 19.3 Å². The van der Waals surface area contributed by atoms with Gasteiger partial charge in [-0.05, 0) is 24.5 Å². The Kier molecular flexibility index (Phi) is 3.93. The number of carbonyl (C=O) groups excluding carboxylic acids is 1. The van der Waals surface area contributed by atoms with Gasteiger partial charge in [0.25, 0.3) is 11.6 Å². The lowest BCUT2D eigenvalue weighted by molar-refractivity contribution is -0.385. The summed E-state index contributed by atoms with van der Waals surface area (Å²) in [5.41, 5.74) is 5.24. The van der Waals surface area contributed by atoms with Crippen LogP contribution in [0.1, 0.15) is 22.3 Å². The lowest BCUT2D eigenvalue weighted by atomic mass is 10.0. The Bertz CT molecular complexity index is 421.